The normalized spacial score (nSPS) is 16.3. The largest absolute Gasteiger partial charge is 0.468 e. The number of nitrogens with zero attached hydrogens (tertiary/aromatic N) is 2. The van der Waals surface area contributed by atoms with E-state index in [9.17, 15) is 14.4 Å². The molecular weight excluding hydrogens is 286 g/mol. The molecule has 1 rings (SSSR count). The molecule has 126 valence electrons. The molecule has 0 aromatic rings. The van der Waals surface area contributed by atoms with Gasteiger partial charge in [-0.15, -0.1) is 0 Å². The van der Waals surface area contributed by atoms with Crippen LogP contribution in [0.3, 0.4) is 0 Å². The average molecular weight is 313 g/mol. The molecule has 1 fully saturated rings. The van der Waals surface area contributed by atoms with Gasteiger partial charge < -0.3 is 15.0 Å². The number of piperazine rings is 1. The van der Waals surface area contributed by atoms with Gasteiger partial charge in [-0.3, -0.25) is 19.3 Å². The van der Waals surface area contributed by atoms with Gasteiger partial charge in [0.25, 0.3) is 0 Å². The number of carbonyl (C=O) groups is 3. The number of ether oxygens (including phenoxy) is 1. The van der Waals surface area contributed by atoms with Crippen LogP contribution in [0.25, 0.3) is 0 Å². The number of nitrogens with one attached hydrogen (secondary N) is 1. The summed E-state index contributed by atoms with van der Waals surface area (Å²) in [6.45, 7) is 9.24. The lowest BCUT2D eigenvalue weighted by Gasteiger charge is -2.37. The van der Waals surface area contributed by atoms with Crippen molar-refractivity contribution in [3.05, 3.63) is 0 Å². The van der Waals surface area contributed by atoms with E-state index in [1.165, 1.54) is 7.11 Å². The summed E-state index contributed by atoms with van der Waals surface area (Å²) in [7, 11) is 1.28. The minimum Gasteiger partial charge on any atom is -0.468 e. The number of hydrogen-bond donors (Lipinski definition) is 1. The number of methoxy groups -OCH3 is 1. The standard InChI is InChI=1S/C15H27N3O4/c1-15(2,3)14(21)18-9-7-17(8-10-18)6-5-12(19)16-11-13(20)22-4/h5-11H2,1-4H3,(H,16,19). The summed E-state index contributed by atoms with van der Waals surface area (Å²) in [5, 5.41) is 2.52. The molecule has 0 spiro atoms. The minimum atomic E-state index is -0.456. The average Bonchev–Trinajstić information content (AvgIpc) is 2.49. The molecule has 0 unspecified atom stereocenters. The Kier molecular flexibility index (Phi) is 6.80. The SMILES string of the molecule is COC(=O)CNC(=O)CCN1CCN(C(=O)C(C)(C)C)CC1. The molecule has 0 atom stereocenters. The second-order valence-corrected chi connectivity index (χ2v) is 6.49. The summed E-state index contributed by atoms with van der Waals surface area (Å²) in [6.07, 6.45) is 0.338. The summed E-state index contributed by atoms with van der Waals surface area (Å²) in [4.78, 5) is 38.7. The molecule has 0 aromatic carbocycles. The number of hydrogen-bond acceptors (Lipinski definition) is 5. The number of esters is 1. The molecule has 0 aromatic heterocycles. The second-order valence-electron chi connectivity index (χ2n) is 6.49. The van der Waals surface area contributed by atoms with E-state index in [-0.39, 0.29) is 23.8 Å². The third kappa shape index (κ3) is 6.01. The summed E-state index contributed by atoms with van der Waals surface area (Å²) in [5.41, 5.74) is -0.351. The molecule has 0 aliphatic carbocycles. The Morgan fingerprint density at radius 2 is 1.68 bits per heavy atom. The number of rotatable bonds is 5. The van der Waals surface area contributed by atoms with Crippen molar-refractivity contribution >= 4 is 17.8 Å². The molecule has 1 aliphatic heterocycles. The highest BCUT2D eigenvalue weighted by molar-refractivity contribution is 5.82. The van der Waals surface area contributed by atoms with Crippen LogP contribution in [-0.4, -0.2) is 74.0 Å². The molecule has 1 N–H and O–H groups in total. The summed E-state index contributed by atoms with van der Waals surface area (Å²) < 4.78 is 4.46. The van der Waals surface area contributed by atoms with Crippen LogP contribution in [-0.2, 0) is 19.1 Å². The van der Waals surface area contributed by atoms with Crippen LogP contribution in [0.4, 0.5) is 0 Å². The van der Waals surface area contributed by atoms with Crippen molar-refractivity contribution in [3.63, 3.8) is 0 Å². The second kappa shape index (κ2) is 8.12. The van der Waals surface area contributed by atoms with E-state index in [1.54, 1.807) is 0 Å². The Hall–Kier alpha value is -1.63. The lowest BCUT2D eigenvalue weighted by Crippen LogP contribution is -2.52. The highest BCUT2D eigenvalue weighted by Gasteiger charge is 2.29. The van der Waals surface area contributed by atoms with Crippen LogP contribution in [0.1, 0.15) is 27.2 Å². The van der Waals surface area contributed by atoms with Crippen molar-refractivity contribution in [1.29, 1.82) is 0 Å². The van der Waals surface area contributed by atoms with Crippen molar-refractivity contribution in [2.75, 3.05) is 46.4 Å². The maximum Gasteiger partial charge on any atom is 0.325 e. The molecular formula is C15H27N3O4. The van der Waals surface area contributed by atoms with Gasteiger partial charge in [0.1, 0.15) is 6.54 Å². The molecule has 22 heavy (non-hydrogen) atoms. The van der Waals surface area contributed by atoms with Gasteiger partial charge in [0.05, 0.1) is 7.11 Å². The quantitative estimate of drug-likeness (QED) is 0.715. The van der Waals surface area contributed by atoms with Crippen molar-refractivity contribution in [2.24, 2.45) is 5.41 Å². The first-order chi connectivity index (χ1) is 10.2. The monoisotopic (exact) mass is 313 g/mol. The van der Waals surface area contributed by atoms with Crippen molar-refractivity contribution in [2.45, 2.75) is 27.2 Å². The molecule has 0 radical (unpaired) electrons. The topological polar surface area (TPSA) is 79.0 Å². The molecule has 0 bridgehead atoms. The fourth-order valence-corrected chi connectivity index (χ4v) is 2.24. The third-order valence-electron chi connectivity index (χ3n) is 3.61. The zero-order chi connectivity index (χ0) is 16.8. The van der Waals surface area contributed by atoms with Crippen LogP contribution >= 0.6 is 0 Å². The van der Waals surface area contributed by atoms with Gasteiger partial charge in [-0.25, -0.2) is 0 Å². The van der Waals surface area contributed by atoms with Crippen molar-refractivity contribution in [1.82, 2.24) is 15.1 Å². The van der Waals surface area contributed by atoms with E-state index in [4.69, 9.17) is 0 Å². The Morgan fingerprint density at radius 1 is 1.09 bits per heavy atom. The molecule has 7 heteroatoms. The maximum absolute atomic E-state index is 12.2. The van der Waals surface area contributed by atoms with E-state index in [0.29, 0.717) is 26.1 Å². The van der Waals surface area contributed by atoms with Crippen LogP contribution in [0.15, 0.2) is 0 Å². The van der Waals surface area contributed by atoms with E-state index >= 15 is 0 Å². The Morgan fingerprint density at radius 3 is 2.18 bits per heavy atom. The van der Waals surface area contributed by atoms with Gasteiger partial charge in [0.15, 0.2) is 0 Å². The van der Waals surface area contributed by atoms with E-state index in [1.807, 2.05) is 25.7 Å². The van der Waals surface area contributed by atoms with E-state index in [0.717, 1.165) is 13.1 Å². The summed E-state index contributed by atoms with van der Waals surface area (Å²) >= 11 is 0. The first-order valence-electron chi connectivity index (χ1n) is 7.59. The lowest BCUT2D eigenvalue weighted by molar-refractivity contribution is -0.141. The highest BCUT2D eigenvalue weighted by Crippen LogP contribution is 2.18. The molecule has 2 amide bonds. The van der Waals surface area contributed by atoms with Gasteiger partial charge in [0.2, 0.25) is 11.8 Å². The fraction of sp³-hybridized carbons (Fsp3) is 0.800. The van der Waals surface area contributed by atoms with Crippen LogP contribution < -0.4 is 5.32 Å². The summed E-state index contributed by atoms with van der Waals surface area (Å²) in [5.74, 6) is -0.454. The third-order valence-corrected chi connectivity index (χ3v) is 3.61. The van der Waals surface area contributed by atoms with E-state index < -0.39 is 5.97 Å². The van der Waals surface area contributed by atoms with Gasteiger partial charge >= 0.3 is 5.97 Å². The first-order valence-corrected chi connectivity index (χ1v) is 7.59. The molecule has 7 nitrogen and oxygen atoms in total. The predicted molar refractivity (Wildman–Crippen MR) is 82.1 cm³/mol. The lowest BCUT2D eigenvalue weighted by atomic mass is 9.94. The Balaban J connectivity index is 2.24. The van der Waals surface area contributed by atoms with Crippen molar-refractivity contribution < 1.29 is 19.1 Å². The van der Waals surface area contributed by atoms with Gasteiger partial charge in [-0.05, 0) is 0 Å². The molecule has 0 saturated carbocycles. The molecule has 1 aliphatic rings. The van der Waals surface area contributed by atoms with Gasteiger partial charge in [-0.1, -0.05) is 20.8 Å². The van der Waals surface area contributed by atoms with Crippen LogP contribution in [0, 0.1) is 5.41 Å². The number of amides is 2. The zero-order valence-corrected chi connectivity index (χ0v) is 14.0. The predicted octanol–water partition coefficient (Wildman–Crippen LogP) is -0.144. The first kappa shape index (κ1) is 18.4. The van der Waals surface area contributed by atoms with E-state index in [2.05, 4.69) is 15.0 Å². The summed E-state index contributed by atoms with van der Waals surface area (Å²) in [6, 6.07) is 0. The zero-order valence-electron chi connectivity index (χ0n) is 14.0. The molecule has 1 saturated heterocycles. The maximum atomic E-state index is 12.2. The molecule has 1 heterocycles. The van der Waals surface area contributed by atoms with Crippen molar-refractivity contribution in [3.8, 4) is 0 Å². The minimum absolute atomic E-state index is 0.0941. The van der Waals surface area contributed by atoms with Gasteiger partial charge in [-0.2, -0.15) is 0 Å². The fourth-order valence-electron chi connectivity index (χ4n) is 2.24. The van der Waals surface area contributed by atoms with Gasteiger partial charge in [0, 0.05) is 44.6 Å². The highest BCUT2D eigenvalue weighted by atomic mass is 16.5. The number of carbonyl (C=O) groups excluding carboxylic acids is 3. The van der Waals surface area contributed by atoms with Crippen LogP contribution in [0.2, 0.25) is 0 Å². The Bertz CT molecular complexity index is 410. The Labute approximate surface area is 132 Å². The smallest absolute Gasteiger partial charge is 0.325 e. The van der Waals surface area contributed by atoms with Crippen LogP contribution in [0.5, 0.6) is 0 Å².